The Labute approximate surface area is 257 Å². The molecular weight excluding hydrogens is 562 g/mol. The van der Waals surface area contributed by atoms with E-state index in [2.05, 4.69) is 4.72 Å². The van der Waals surface area contributed by atoms with Gasteiger partial charge in [0.25, 0.3) is 11.8 Å². The van der Waals surface area contributed by atoms with Crippen molar-refractivity contribution in [2.75, 3.05) is 20.4 Å². The van der Waals surface area contributed by atoms with Crippen molar-refractivity contribution in [2.24, 2.45) is 5.41 Å². The number of nitrogens with zero attached hydrogens (tertiary/aromatic N) is 2. The van der Waals surface area contributed by atoms with Gasteiger partial charge in [-0.3, -0.25) is 19.1 Å². The summed E-state index contributed by atoms with van der Waals surface area (Å²) in [7, 11) is 3.43. The van der Waals surface area contributed by atoms with Crippen molar-refractivity contribution in [2.45, 2.75) is 77.7 Å². The highest BCUT2D eigenvalue weighted by Crippen LogP contribution is 2.58. The van der Waals surface area contributed by atoms with Crippen molar-refractivity contribution in [3.05, 3.63) is 69.3 Å². The zero-order valence-electron chi connectivity index (χ0n) is 26.0. The van der Waals surface area contributed by atoms with Crippen LogP contribution in [0.25, 0.3) is 11.3 Å². The van der Waals surface area contributed by atoms with Crippen LogP contribution in [0, 0.1) is 19.3 Å². The van der Waals surface area contributed by atoms with Crippen molar-refractivity contribution in [1.29, 1.82) is 0 Å². The SMILES string of the molecule is COc1ccc(-c2ccc(C)c(C(=O)NSC)n2)c(C)c1C1C2=C(CC3(CCC3)CC2=O)OC2=C1C(=O)N(C)C(C)(C)C2. The number of methoxy groups -OCH3 is 1. The average Bonchev–Trinajstić information content (AvgIpc) is 2.94. The lowest BCUT2D eigenvalue weighted by Gasteiger charge is -2.50. The van der Waals surface area contributed by atoms with E-state index >= 15 is 0 Å². The van der Waals surface area contributed by atoms with Crippen LogP contribution < -0.4 is 9.46 Å². The third kappa shape index (κ3) is 4.67. The summed E-state index contributed by atoms with van der Waals surface area (Å²) >= 11 is 1.23. The molecule has 1 N–H and O–H groups in total. The average molecular weight is 602 g/mol. The molecule has 9 heteroatoms. The summed E-state index contributed by atoms with van der Waals surface area (Å²) in [5, 5.41) is 0. The fourth-order valence-electron chi connectivity index (χ4n) is 7.24. The van der Waals surface area contributed by atoms with Crippen molar-refractivity contribution in [1.82, 2.24) is 14.6 Å². The Morgan fingerprint density at radius 3 is 2.44 bits per heavy atom. The number of carbonyl (C=O) groups is 3. The maximum Gasteiger partial charge on any atom is 0.279 e. The van der Waals surface area contributed by atoms with E-state index in [1.54, 1.807) is 18.3 Å². The molecule has 43 heavy (non-hydrogen) atoms. The van der Waals surface area contributed by atoms with E-state index in [-0.39, 0.29) is 23.0 Å². The van der Waals surface area contributed by atoms with Crippen LogP contribution in [0.5, 0.6) is 5.75 Å². The topological polar surface area (TPSA) is 97.8 Å². The summed E-state index contributed by atoms with van der Waals surface area (Å²) in [5.41, 5.74) is 4.77. The third-order valence-electron chi connectivity index (χ3n) is 10.0. The molecule has 2 aromatic rings. The Kier molecular flexibility index (Phi) is 7.23. The Hall–Kier alpha value is -3.59. The number of aromatic nitrogens is 1. The van der Waals surface area contributed by atoms with Gasteiger partial charge in [0.2, 0.25) is 0 Å². The maximum atomic E-state index is 14.2. The minimum atomic E-state index is -0.630. The van der Waals surface area contributed by atoms with Gasteiger partial charge in [-0.25, -0.2) is 4.98 Å². The molecule has 1 aromatic carbocycles. The number of Topliss-reactive ketones (excluding diaryl/α,β-unsaturated/α-hetero) is 1. The van der Waals surface area contributed by atoms with Crippen LogP contribution in [0.15, 0.2) is 46.9 Å². The van der Waals surface area contributed by atoms with E-state index in [4.69, 9.17) is 14.5 Å². The van der Waals surface area contributed by atoms with E-state index in [0.29, 0.717) is 59.1 Å². The number of nitrogens with one attached hydrogen (secondary N) is 1. The standard InChI is InChI=1S/C34H39N3O5S/c1-18-9-11-21(35-30(18)31(39)36-43-7)20-10-12-23(41-6)26(19(20)2)29-27-22(38)15-34(13-8-14-34)17-25(27)42-24-16-33(3,4)37(5)32(40)28(24)29/h9-12,29H,8,13-17H2,1-7H3,(H,36,39). The van der Waals surface area contributed by atoms with E-state index in [0.717, 1.165) is 41.5 Å². The zero-order chi connectivity index (χ0) is 30.8. The van der Waals surface area contributed by atoms with Crippen LogP contribution in [0.2, 0.25) is 0 Å². The van der Waals surface area contributed by atoms with Crippen LogP contribution in [0.4, 0.5) is 0 Å². The predicted molar refractivity (Wildman–Crippen MR) is 167 cm³/mol. The summed E-state index contributed by atoms with van der Waals surface area (Å²) in [6, 6.07) is 7.59. The second-order valence-electron chi connectivity index (χ2n) is 13.0. The minimum absolute atomic E-state index is 0.0376. The summed E-state index contributed by atoms with van der Waals surface area (Å²) in [6.45, 7) is 7.92. The lowest BCUT2D eigenvalue weighted by Crippen LogP contribution is -2.52. The van der Waals surface area contributed by atoms with Gasteiger partial charge in [-0.05, 0) is 75.3 Å². The van der Waals surface area contributed by atoms with E-state index in [9.17, 15) is 14.4 Å². The largest absolute Gasteiger partial charge is 0.496 e. The molecule has 0 saturated heterocycles. The first-order chi connectivity index (χ1) is 20.4. The number of ketones is 1. The molecule has 4 aliphatic rings. The molecule has 2 aliphatic carbocycles. The smallest absolute Gasteiger partial charge is 0.279 e. The first-order valence-electron chi connectivity index (χ1n) is 14.9. The van der Waals surface area contributed by atoms with Gasteiger partial charge < -0.3 is 14.4 Å². The molecule has 226 valence electrons. The highest BCUT2D eigenvalue weighted by atomic mass is 32.2. The number of hydrogen-bond acceptors (Lipinski definition) is 7. The molecule has 6 rings (SSSR count). The molecule has 1 aromatic heterocycles. The predicted octanol–water partition coefficient (Wildman–Crippen LogP) is 6.18. The van der Waals surface area contributed by atoms with Crippen LogP contribution in [0.1, 0.15) is 85.5 Å². The van der Waals surface area contributed by atoms with E-state index in [1.807, 2.05) is 59.0 Å². The number of ether oxygens (including phenoxy) is 2. The van der Waals surface area contributed by atoms with Gasteiger partial charge in [0.1, 0.15) is 23.0 Å². The minimum Gasteiger partial charge on any atom is -0.496 e. The number of hydrogen-bond donors (Lipinski definition) is 1. The van der Waals surface area contributed by atoms with Gasteiger partial charge >= 0.3 is 0 Å². The van der Waals surface area contributed by atoms with E-state index < -0.39 is 11.5 Å². The third-order valence-corrected chi connectivity index (χ3v) is 10.4. The maximum absolute atomic E-state index is 14.2. The molecule has 2 aliphatic heterocycles. The molecule has 1 atom stereocenters. The van der Waals surface area contributed by atoms with Gasteiger partial charge in [-0.2, -0.15) is 0 Å². The first kappa shape index (κ1) is 29.5. The molecule has 1 unspecified atom stereocenters. The van der Waals surface area contributed by atoms with E-state index in [1.165, 1.54) is 11.9 Å². The van der Waals surface area contributed by atoms with Gasteiger partial charge in [-0.1, -0.05) is 24.4 Å². The molecule has 3 heterocycles. The second-order valence-corrected chi connectivity index (χ2v) is 13.7. The highest BCUT2D eigenvalue weighted by Gasteiger charge is 2.53. The van der Waals surface area contributed by atoms with Gasteiger partial charge in [0.15, 0.2) is 5.78 Å². The van der Waals surface area contributed by atoms with Crippen LogP contribution in [-0.4, -0.2) is 53.4 Å². The van der Waals surface area contributed by atoms with Gasteiger partial charge in [-0.15, -0.1) is 0 Å². The van der Waals surface area contributed by atoms with Gasteiger partial charge in [0, 0.05) is 54.8 Å². The zero-order valence-corrected chi connectivity index (χ0v) is 26.8. The summed E-state index contributed by atoms with van der Waals surface area (Å²) < 4.78 is 15.3. The number of allylic oxidation sites excluding steroid dienone is 2. The monoisotopic (exact) mass is 601 g/mol. The molecular formula is C34H39N3O5S. The normalized spacial score (nSPS) is 22.1. The number of rotatable bonds is 5. The lowest BCUT2D eigenvalue weighted by atomic mass is 9.58. The number of likely N-dealkylation sites (N-methyl/N-ethyl adjacent to an activating group) is 1. The second kappa shape index (κ2) is 10.5. The van der Waals surface area contributed by atoms with Crippen LogP contribution in [-0.2, 0) is 14.3 Å². The summed E-state index contributed by atoms with van der Waals surface area (Å²) in [5.74, 6) is 0.973. The number of amides is 2. The number of carbonyl (C=O) groups excluding carboxylic acids is 3. The Balaban J connectivity index is 1.58. The van der Waals surface area contributed by atoms with Crippen molar-refractivity contribution < 1.29 is 23.9 Å². The highest BCUT2D eigenvalue weighted by molar-refractivity contribution is 7.97. The first-order valence-corrected chi connectivity index (χ1v) is 16.1. The number of pyridine rings is 1. The number of aryl methyl sites for hydroxylation is 1. The number of benzene rings is 1. The van der Waals surface area contributed by atoms with Crippen LogP contribution in [0.3, 0.4) is 0 Å². The quantitative estimate of drug-likeness (QED) is 0.409. The summed E-state index contributed by atoms with van der Waals surface area (Å²) in [4.78, 5) is 47.6. The fourth-order valence-corrected chi connectivity index (χ4v) is 7.52. The molecule has 1 fully saturated rings. The van der Waals surface area contributed by atoms with Crippen molar-refractivity contribution in [3.63, 3.8) is 0 Å². The molecule has 0 bridgehead atoms. The Bertz CT molecular complexity index is 1630. The Morgan fingerprint density at radius 1 is 1.07 bits per heavy atom. The van der Waals surface area contributed by atoms with Crippen molar-refractivity contribution >= 4 is 29.5 Å². The molecule has 2 amide bonds. The summed E-state index contributed by atoms with van der Waals surface area (Å²) in [6.07, 6.45) is 6.68. The molecule has 8 nitrogen and oxygen atoms in total. The lowest BCUT2D eigenvalue weighted by molar-refractivity contribution is -0.133. The molecule has 0 radical (unpaired) electrons. The Morgan fingerprint density at radius 2 is 1.79 bits per heavy atom. The fraction of sp³-hybridized carbons (Fsp3) is 0.471. The molecule has 1 spiro atoms. The van der Waals surface area contributed by atoms with Crippen molar-refractivity contribution in [3.8, 4) is 17.0 Å². The molecule has 1 saturated carbocycles. The van der Waals surface area contributed by atoms with Gasteiger partial charge in [0.05, 0.1) is 24.3 Å². The van der Waals surface area contributed by atoms with Crippen LogP contribution >= 0.6 is 11.9 Å².